The summed E-state index contributed by atoms with van der Waals surface area (Å²) in [6, 6.07) is 26.2. The number of nitrogens with two attached hydrogens (primary N) is 3. The minimum Gasteiger partial charge on any atom is -0.346 e. The molecule has 2 amide bonds. The fourth-order valence-corrected chi connectivity index (χ4v) is 8.64. The van der Waals surface area contributed by atoms with E-state index in [0.717, 1.165) is 43.2 Å². The summed E-state index contributed by atoms with van der Waals surface area (Å²) in [4.78, 5) is 58.0. The quantitative estimate of drug-likeness (QED) is 0.125. The molecule has 3 aromatic rings. The lowest BCUT2D eigenvalue weighted by molar-refractivity contribution is -0.140. The zero-order valence-corrected chi connectivity index (χ0v) is 32.3. The molecule has 3 aromatic carbocycles. The Morgan fingerprint density at radius 3 is 2.02 bits per heavy atom. The molecule has 1 aliphatic heterocycles. The first-order valence-electron chi connectivity index (χ1n) is 20.0. The maximum Gasteiger partial charge on any atom is 0.226 e. The number of fused-ring (bicyclic) bond motifs is 2. The number of Topliss-reactive ketones (excluding diaryl/α,β-unsaturated/α-hetero) is 2. The summed E-state index contributed by atoms with van der Waals surface area (Å²) in [5.41, 5.74) is 23.3. The fraction of sp³-hybridized carbons (Fsp3) is 0.511. The van der Waals surface area contributed by atoms with E-state index >= 15 is 0 Å². The number of carbonyl (C=O) groups excluding carboxylic acids is 4. The van der Waals surface area contributed by atoms with Crippen molar-refractivity contribution in [3.63, 3.8) is 0 Å². The van der Waals surface area contributed by atoms with Crippen LogP contribution in [0.25, 0.3) is 0 Å². The number of amides is 2. The molecule has 1 fully saturated rings. The first-order chi connectivity index (χ1) is 26.0. The Kier molecular flexibility index (Phi) is 14.7. The first-order valence-corrected chi connectivity index (χ1v) is 20.0. The lowest BCUT2D eigenvalue weighted by atomic mass is 9.71. The van der Waals surface area contributed by atoms with Crippen LogP contribution in [0.4, 0.5) is 0 Å². The highest BCUT2D eigenvalue weighted by Gasteiger charge is 2.47. The van der Waals surface area contributed by atoms with Crippen molar-refractivity contribution >= 4 is 23.4 Å². The molecule has 2 aliphatic rings. The predicted molar refractivity (Wildman–Crippen MR) is 214 cm³/mol. The molecule has 0 radical (unpaired) electrons. The molecule has 7 N–H and O–H groups in total. The Morgan fingerprint density at radius 2 is 1.39 bits per heavy atom. The minimum atomic E-state index is -0.786. The number of piperidine rings is 1. The first kappa shape index (κ1) is 41.0. The molecule has 0 saturated carbocycles. The van der Waals surface area contributed by atoms with E-state index in [1.54, 1.807) is 0 Å². The molecule has 1 saturated heterocycles. The van der Waals surface area contributed by atoms with Crippen LogP contribution in [0, 0.1) is 17.8 Å². The predicted octanol–water partition coefficient (Wildman–Crippen LogP) is 5.05. The third-order valence-corrected chi connectivity index (χ3v) is 11.7. The summed E-state index contributed by atoms with van der Waals surface area (Å²) >= 11 is 0. The third kappa shape index (κ3) is 10.5. The van der Waals surface area contributed by atoms with Gasteiger partial charge in [0.2, 0.25) is 11.8 Å². The van der Waals surface area contributed by atoms with Crippen LogP contribution >= 0.6 is 0 Å². The lowest BCUT2D eigenvalue weighted by Gasteiger charge is -2.43. The second kappa shape index (κ2) is 19.4. The van der Waals surface area contributed by atoms with Crippen LogP contribution in [0.3, 0.4) is 0 Å². The number of hydrogen-bond acceptors (Lipinski definition) is 7. The van der Waals surface area contributed by atoms with E-state index in [0.29, 0.717) is 45.3 Å². The summed E-state index contributed by atoms with van der Waals surface area (Å²) in [5, 5.41) is 3.06. The molecule has 9 heteroatoms. The van der Waals surface area contributed by atoms with Gasteiger partial charge in [0, 0.05) is 49.2 Å². The maximum atomic E-state index is 14.2. The van der Waals surface area contributed by atoms with E-state index in [2.05, 4.69) is 29.6 Å². The highest BCUT2D eigenvalue weighted by Crippen LogP contribution is 2.45. The number of carbonyl (C=O) groups is 4. The minimum absolute atomic E-state index is 0.00958. The summed E-state index contributed by atoms with van der Waals surface area (Å²) in [7, 11) is 0. The highest BCUT2D eigenvalue weighted by molar-refractivity contribution is 5.94. The molecular formula is C45H61N5O4. The van der Waals surface area contributed by atoms with Gasteiger partial charge < -0.3 is 27.4 Å². The van der Waals surface area contributed by atoms with Crippen molar-refractivity contribution in [1.82, 2.24) is 10.2 Å². The van der Waals surface area contributed by atoms with E-state index in [1.165, 1.54) is 11.1 Å². The van der Waals surface area contributed by atoms with Crippen LogP contribution in [0.2, 0.25) is 0 Å². The molecule has 1 spiro atoms. The van der Waals surface area contributed by atoms with Crippen molar-refractivity contribution in [2.45, 2.75) is 108 Å². The largest absolute Gasteiger partial charge is 0.346 e. The van der Waals surface area contributed by atoms with Gasteiger partial charge in [-0.1, -0.05) is 105 Å². The van der Waals surface area contributed by atoms with E-state index in [9.17, 15) is 19.2 Å². The molecule has 0 bridgehead atoms. The number of likely N-dealkylation sites (tertiary alicyclic amines) is 1. The van der Waals surface area contributed by atoms with E-state index in [1.807, 2.05) is 79.4 Å². The van der Waals surface area contributed by atoms with Gasteiger partial charge in [-0.2, -0.15) is 0 Å². The number of rotatable bonds is 19. The Morgan fingerprint density at radius 1 is 0.796 bits per heavy atom. The van der Waals surface area contributed by atoms with E-state index in [-0.39, 0.29) is 53.6 Å². The van der Waals surface area contributed by atoms with Crippen molar-refractivity contribution in [2.75, 3.05) is 19.6 Å². The SMILES string of the molecule is CC(C)C[C@@H](NC(=O)[C@H](CC(=O)[C@H](N)Cc1ccccc1)Cc1ccccc1)C(=O)C[C@H](CCCCN)C(=O)N1CCC2(CC1)c1ccccc1CC2N. The topological polar surface area (TPSA) is 162 Å². The molecular weight excluding hydrogens is 675 g/mol. The van der Waals surface area contributed by atoms with Gasteiger partial charge in [0.05, 0.1) is 12.1 Å². The normalized spacial score (nSPS) is 18.5. The smallest absolute Gasteiger partial charge is 0.226 e. The van der Waals surface area contributed by atoms with Gasteiger partial charge in [0.25, 0.3) is 0 Å². The van der Waals surface area contributed by atoms with Gasteiger partial charge in [-0.05, 0) is 86.1 Å². The van der Waals surface area contributed by atoms with Gasteiger partial charge in [-0.15, -0.1) is 0 Å². The maximum absolute atomic E-state index is 14.2. The molecule has 5 rings (SSSR count). The average Bonchev–Trinajstić information content (AvgIpc) is 3.44. The fourth-order valence-electron chi connectivity index (χ4n) is 8.64. The summed E-state index contributed by atoms with van der Waals surface area (Å²) in [5.74, 6) is -1.82. The number of unbranched alkanes of at least 4 members (excludes halogenated alkanes) is 1. The molecule has 0 aromatic heterocycles. The lowest BCUT2D eigenvalue weighted by Crippen LogP contribution is -2.53. The second-order valence-electron chi connectivity index (χ2n) is 16.1. The summed E-state index contributed by atoms with van der Waals surface area (Å²) in [6.07, 6.45) is 5.64. The Bertz CT molecular complexity index is 1690. The van der Waals surface area contributed by atoms with Gasteiger partial charge >= 0.3 is 0 Å². The molecule has 5 atom stereocenters. The van der Waals surface area contributed by atoms with Gasteiger partial charge in [-0.3, -0.25) is 19.2 Å². The van der Waals surface area contributed by atoms with Crippen LogP contribution in [0.1, 0.15) is 87.5 Å². The molecule has 54 heavy (non-hydrogen) atoms. The van der Waals surface area contributed by atoms with Crippen LogP contribution < -0.4 is 22.5 Å². The van der Waals surface area contributed by atoms with E-state index in [4.69, 9.17) is 17.2 Å². The summed E-state index contributed by atoms with van der Waals surface area (Å²) < 4.78 is 0. The number of hydrogen-bond donors (Lipinski definition) is 4. The molecule has 1 unspecified atom stereocenters. The van der Waals surface area contributed by atoms with Gasteiger partial charge in [-0.25, -0.2) is 0 Å². The third-order valence-electron chi connectivity index (χ3n) is 11.7. The number of nitrogens with zero attached hydrogens (tertiary/aromatic N) is 1. The van der Waals surface area contributed by atoms with Crippen molar-refractivity contribution in [3.05, 3.63) is 107 Å². The van der Waals surface area contributed by atoms with Crippen LogP contribution in [-0.2, 0) is 43.9 Å². The van der Waals surface area contributed by atoms with Crippen molar-refractivity contribution in [2.24, 2.45) is 35.0 Å². The zero-order chi connectivity index (χ0) is 38.7. The van der Waals surface area contributed by atoms with Crippen LogP contribution in [-0.4, -0.2) is 66.0 Å². The van der Waals surface area contributed by atoms with E-state index < -0.39 is 23.9 Å². The molecule has 290 valence electrons. The highest BCUT2D eigenvalue weighted by atomic mass is 16.2. The molecule has 1 aliphatic carbocycles. The van der Waals surface area contributed by atoms with Crippen molar-refractivity contribution in [3.8, 4) is 0 Å². The number of ketones is 2. The molecule has 1 heterocycles. The van der Waals surface area contributed by atoms with Gasteiger partial charge in [0.1, 0.15) is 0 Å². The van der Waals surface area contributed by atoms with Crippen molar-refractivity contribution < 1.29 is 19.2 Å². The van der Waals surface area contributed by atoms with Gasteiger partial charge in [0.15, 0.2) is 11.6 Å². The monoisotopic (exact) mass is 735 g/mol. The zero-order valence-electron chi connectivity index (χ0n) is 32.3. The van der Waals surface area contributed by atoms with Crippen molar-refractivity contribution in [1.29, 1.82) is 0 Å². The second-order valence-corrected chi connectivity index (χ2v) is 16.1. The molecule has 9 nitrogen and oxygen atoms in total. The van der Waals surface area contributed by atoms with Crippen LogP contribution in [0.5, 0.6) is 0 Å². The Balaban J connectivity index is 1.28. The standard InChI is InChI=1S/C45H61N5O4/c1-31(2)25-39(49-43(53)36(26-32-13-5-3-6-14-32)29-40(51)38(47)27-33-15-7-4-8-16-33)41(52)28-35(18-11-12-22-46)44(54)50-23-20-45(21-24-50)37-19-10-9-17-34(37)30-42(45)48/h3-10,13-17,19,31,35-36,38-39,42H,11-12,18,20-30,46-48H2,1-2H3,(H,49,53)/t35-,36-,38+,39+,42?/m0/s1. The Labute approximate surface area is 321 Å². The van der Waals surface area contributed by atoms with Crippen LogP contribution in [0.15, 0.2) is 84.9 Å². The number of nitrogens with one attached hydrogen (secondary N) is 1. The summed E-state index contributed by atoms with van der Waals surface area (Å²) in [6.45, 7) is 5.73. The Hall–Kier alpha value is -4.18. The average molecular weight is 736 g/mol. The number of benzene rings is 3.